The lowest BCUT2D eigenvalue weighted by atomic mass is 10.1. The molecule has 0 amide bonds. The van der Waals surface area contributed by atoms with Crippen LogP contribution in [0.1, 0.15) is 5.56 Å². The quantitative estimate of drug-likeness (QED) is 0.840. The van der Waals surface area contributed by atoms with Gasteiger partial charge in [0.15, 0.2) is 0 Å². The number of nitrogens with zero attached hydrogens (tertiary/aromatic N) is 3. The van der Waals surface area contributed by atoms with Crippen molar-refractivity contribution in [2.45, 2.75) is 6.54 Å². The lowest BCUT2D eigenvalue weighted by Gasteiger charge is -2.35. The SMILES string of the molecule is CN(C)CCN1CCN(Cc2cc(Cl)c(N)c(Cl)c2)CC1. The Morgan fingerprint density at radius 2 is 1.57 bits per heavy atom. The third kappa shape index (κ3) is 5.01. The van der Waals surface area contributed by atoms with Crippen LogP contribution in [0.2, 0.25) is 10.0 Å². The number of benzene rings is 1. The van der Waals surface area contributed by atoms with E-state index in [1.165, 1.54) is 0 Å². The van der Waals surface area contributed by atoms with E-state index in [0.717, 1.165) is 51.4 Å². The highest BCUT2D eigenvalue weighted by atomic mass is 35.5. The minimum absolute atomic E-state index is 0.468. The van der Waals surface area contributed by atoms with Crippen LogP contribution in [-0.2, 0) is 6.54 Å². The summed E-state index contributed by atoms with van der Waals surface area (Å²) >= 11 is 12.2. The second kappa shape index (κ2) is 7.65. The van der Waals surface area contributed by atoms with E-state index in [2.05, 4.69) is 28.8 Å². The Balaban J connectivity index is 1.83. The van der Waals surface area contributed by atoms with Crippen LogP contribution >= 0.6 is 23.2 Å². The van der Waals surface area contributed by atoms with Gasteiger partial charge in [0.05, 0.1) is 15.7 Å². The van der Waals surface area contributed by atoms with Crippen LogP contribution < -0.4 is 5.73 Å². The van der Waals surface area contributed by atoms with Gasteiger partial charge in [-0.2, -0.15) is 0 Å². The van der Waals surface area contributed by atoms with Crippen molar-refractivity contribution < 1.29 is 0 Å². The maximum Gasteiger partial charge on any atom is 0.0693 e. The van der Waals surface area contributed by atoms with Gasteiger partial charge >= 0.3 is 0 Å². The van der Waals surface area contributed by atoms with E-state index in [9.17, 15) is 0 Å². The number of piperazine rings is 1. The highest BCUT2D eigenvalue weighted by Gasteiger charge is 2.17. The number of likely N-dealkylation sites (N-methyl/N-ethyl adjacent to an activating group) is 1. The van der Waals surface area contributed by atoms with Crippen molar-refractivity contribution in [1.29, 1.82) is 0 Å². The second-order valence-corrected chi connectivity index (χ2v) is 6.71. The fourth-order valence-electron chi connectivity index (χ4n) is 2.50. The molecule has 4 nitrogen and oxygen atoms in total. The molecule has 0 radical (unpaired) electrons. The van der Waals surface area contributed by atoms with Gasteiger partial charge in [-0.3, -0.25) is 9.80 Å². The smallest absolute Gasteiger partial charge is 0.0693 e. The molecule has 0 bridgehead atoms. The molecule has 0 saturated carbocycles. The Kier molecular flexibility index (Phi) is 6.14. The van der Waals surface area contributed by atoms with Crippen LogP contribution in [0.4, 0.5) is 5.69 Å². The average Bonchev–Trinajstić information content (AvgIpc) is 2.44. The lowest BCUT2D eigenvalue weighted by molar-refractivity contribution is 0.120. The number of nitrogens with two attached hydrogens (primary N) is 1. The molecular formula is C15H24Cl2N4. The van der Waals surface area contributed by atoms with E-state index in [1.54, 1.807) is 0 Å². The number of halogens is 2. The molecule has 1 aromatic rings. The van der Waals surface area contributed by atoms with E-state index in [1.807, 2.05) is 12.1 Å². The standard InChI is InChI=1S/C15H24Cl2N4/c1-19(2)3-4-20-5-7-21(8-6-20)11-12-9-13(16)15(18)14(17)10-12/h9-10H,3-8,11,18H2,1-2H3. The summed E-state index contributed by atoms with van der Waals surface area (Å²) in [5, 5.41) is 1.09. The van der Waals surface area contributed by atoms with Crippen molar-refractivity contribution in [3.05, 3.63) is 27.7 Å². The highest BCUT2D eigenvalue weighted by Crippen LogP contribution is 2.29. The first kappa shape index (κ1) is 16.8. The van der Waals surface area contributed by atoms with E-state index in [0.29, 0.717) is 15.7 Å². The maximum atomic E-state index is 6.09. The maximum absolute atomic E-state index is 6.09. The lowest BCUT2D eigenvalue weighted by Crippen LogP contribution is -2.47. The number of hydrogen-bond donors (Lipinski definition) is 1. The Morgan fingerprint density at radius 1 is 1.05 bits per heavy atom. The Labute approximate surface area is 137 Å². The van der Waals surface area contributed by atoms with Gasteiger partial charge in [0.25, 0.3) is 0 Å². The molecule has 21 heavy (non-hydrogen) atoms. The third-order valence-electron chi connectivity index (χ3n) is 3.87. The summed E-state index contributed by atoms with van der Waals surface area (Å²) in [5.41, 5.74) is 7.37. The molecule has 1 heterocycles. The molecule has 0 unspecified atom stereocenters. The summed E-state index contributed by atoms with van der Waals surface area (Å²) in [6.45, 7) is 7.51. The Morgan fingerprint density at radius 3 is 2.10 bits per heavy atom. The van der Waals surface area contributed by atoms with Gasteiger partial charge < -0.3 is 10.6 Å². The normalized spacial score (nSPS) is 17.6. The van der Waals surface area contributed by atoms with Crippen molar-refractivity contribution in [2.75, 3.05) is 59.1 Å². The van der Waals surface area contributed by atoms with Gasteiger partial charge in [-0.15, -0.1) is 0 Å². The Bertz CT molecular complexity index is 448. The van der Waals surface area contributed by atoms with Crippen molar-refractivity contribution in [3.63, 3.8) is 0 Å². The minimum Gasteiger partial charge on any atom is -0.396 e. The Hall–Kier alpha value is -0.520. The molecule has 118 valence electrons. The van der Waals surface area contributed by atoms with E-state index < -0.39 is 0 Å². The molecule has 1 fully saturated rings. The molecule has 1 saturated heterocycles. The van der Waals surface area contributed by atoms with Crippen molar-refractivity contribution in [3.8, 4) is 0 Å². The second-order valence-electron chi connectivity index (χ2n) is 5.89. The molecule has 2 N–H and O–H groups in total. The largest absolute Gasteiger partial charge is 0.396 e. The van der Waals surface area contributed by atoms with Crippen LogP contribution in [0.25, 0.3) is 0 Å². The highest BCUT2D eigenvalue weighted by molar-refractivity contribution is 6.38. The monoisotopic (exact) mass is 330 g/mol. The summed E-state index contributed by atoms with van der Waals surface area (Å²) in [6, 6.07) is 3.84. The van der Waals surface area contributed by atoms with E-state index in [-0.39, 0.29) is 0 Å². The summed E-state index contributed by atoms with van der Waals surface area (Å²) in [4.78, 5) is 7.18. The van der Waals surface area contributed by atoms with Gasteiger partial charge in [-0.1, -0.05) is 23.2 Å². The molecule has 0 atom stereocenters. The molecule has 6 heteroatoms. The van der Waals surface area contributed by atoms with Crippen molar-refractivity contribution in [1.82, 2.24) is 14.7 Å². The topological polar surface area (TPSA) is 35.7 Å². The first-order valence-corrected chi connectivity index (χ1v) is 8.04. The molecule has 0 aliphatic carbocycles. The van der Waals surface area contributed by atoms with Crippen LogP contribution in [0, 0.1) is 0 Å². The average molecular weight is 331 g/mol. The van der Waals surface area contributed by atoms with Gasteiger partial charge in [0, 0.05) is 45.8 Å². The number of rotatable bonds is 5. The van der Waals surface area contributed by atoms with Crippen LogP contribution in [0.15, 0.2) is 12.1 Å². The van der Waals surface area contributed by atoms with E-state index in [4.69, 9.17) is 28.9 Å². The molecule has 0 spiro atoms. The fourth-order valence-corrected chi connectivity index (χ4v) is 3.03. The summed E-state index contributed by atoms with van der Waals surface area (Å²) in [5.74, 6) is 0. The predicted molar refractivity (Wildman–Crippen MR) is 91.1 cm³/mol. The van der Waals surface area contributed by atoms with Gasteiger partial charge in [-0.05, 0) is 31.8 Å². The molecular weight excluding hydrogens is 307 g/mol. The number of hydrogen-bond acceptors (Lipinski definition) is 4. The molecule has 1 aromatic carbocycles. The van der Waals surface area contributed by atoms with Gasteiger partial charge in [-0.25, -0.2) is 0 Å². The van der Waals surface area contributed by atoms with Crippen LogP contribution in [0.3, 0.4) is 0 Å². The van der Waals surface area contributed by atoms with Crippen LogP contribution in [-0.4, -0.2) is 68.1 Å². The zero-order valence-electron chi connectivity index (χ0n) is 12.8. The first-order chi connectivity index (χ1) is 9.95. The molecule has 0 aromatic heterocycles. The van der Waals surface area contributed by atoms with Crippen LogP contribution in [0.5, 0.6) is 0 Å². The van der Waals surface area contributed by atoms with Crippen molar-refractivity contribution >= 4 is 28.9 Å². The zero-order valence-corrected chi connectivity index (χ0v) is 14.3. The zero-order chi connectivity index (χ0) is 15.4. The third-order valence-corrected chi connectivity index (χ3v) is 4.50. The van der Waals surface area contributed by atoms with Gasteiger partial charge in [0.2, 0.25) is 0 Å². The predicted octanol–water partition coefficient (Wildman–Crippen LogP) is 2.25. The van der Waals surface area contributed by atoms with Crippen molar-refractivity contribution in [2.24, 2.45) is 0 Å². The molecule has 2 rings (SSSR count). The van der Waals surface area contributed by atoms with E-state index >= 15 is 0 Å². The van der Waals surface area contributed by atoms with Gasteiger partial charge in [0.1, 0.15) is 0 Å². The molecule has 1 aliphatic rings. The fraction of sp³-hybridized carbons (Fsp3) is 0.600. The summed E-state index contributed by atoms with van der Waals surface area (Å²) in [7, 11) is 4.23. The molecule has 1 aliphatic heterocycles. The first-order valence-electron chi connectivity index (χ1n) is 7.28. The summed E-state index contributed by atoms with van der Waals surface area (Å²) < 4.78 is 0. The minimum atomic E-state index is 0.468. The number of nitrogen functional groups attached to an aromatic ring is 1. The number of anilines is 1. The summed E-state index contributed by atoms with van der Waals surface area (Å²) in [6.07, 6.45) is 0.